The number of nitrogens with zero attached hydrogens (tertiary/aromatic N) is 2. The van der Waals surface area contributed by atoms with Crippen LogP contribution in [0.25, 0.3) is 11.0 Å². The average Bonchev–Trinajstić information content (AvgIpc) is 3.15. The minimum atomic E-state index is -1.58. The van der Waals surface area contributed by atoms with Crippen LogP contribution in [0.4, 0.5) is 13.2 Å². The van der Waals surface area contributed by atoms with Crippen molar-refractivity contribution in [1.29, 1.82) is 0 Å². The van der Waals surface area contributed by atoms with Crippen molar-refractivity contribution in [2.45, 2.75) is 44.9 Å². The van der Waals surface area contributed by atoms with E-state index in [1.54, 1.807) is 6.20 Å². The number of ether oxygens (including phenoxy) is 1. The zero-order valence-corrected chi connectivity index (χ0v) is 19.4. The lowest BCUT2D eigenvalue weighted by Gasteiger charge is -2.44. The molecule has 8 heteroatoms. The van der Waals surface area contributed by atoms with Crippen molar-refractivity contribution in [2.75, 3.05) is 13.7 Å². The lowest BCUT2D eigenvalue weighted by molar-refractivity contribution is -0.134. The number of alkyl halides is 1. The van der Waals surface area contributed by atoms with E-state index in [4.69, 9.17) is 4.52 Å². The highest BCUT2D eigenvalue weighted by molar-refractivity contribution is 5.82. The van der Waals surface area contributed by atoms with Gasteiger partial charge in [-0.2, -0.15) is 4.39 Å². The molecule has 1 aromatic carbocycles. The third-order valence-electron chi connectivity index (χ3n) is 5.87. The van der Waals surface area contributed by atoms with E-state index in [1.807, 2.05) is 24.0 Å². The predicted molar refractivity (Wildman–Crippen MR) is 122 cm³/mol. The van der Waals surface area contributed by atoms with Crippen LogP contribution in [0.15, 0.2) is 75.7 Å². The second kappa shape index (κ2) is 9.12. The minimum absolute atomic E-state index is 0.00254. The van der Waals surface area contributed by atoms with Crippen LogP contribution in [0, 0.1) is 0 Å². The number of carbonyl (C=O) groups excluding carboxylic acids is 1. The third kappa shape index (κ3) is 4.93. The van der Waals surface area contributed by atoms with Crippen LogP contribution >= 0.6 is 0 Å². The smallest absolute Gasteiger partial charge is 0.330 e. The van der Waals surface area contributed by atoms with E-state index in [1.165, 1.54) is 27.0 Å². The third-order valence-corrected chi connectivity index (χ3v) is 5.87. The molecular weight excluding hydrogens is 445 g/mol. The van der Waals surface area contributed by atoms with Gasteiger partial charge in [0.1, 0.15) is 11.5 Å². The fourth-order valence-electron chi connectivity index (χ4n) is 4.44. The van der Waals surface area contributed by atoms with Crippen molar-refractivity contribution in [2.24, 2.45) is 0 Å². The number of allylic oxidation sites excluding steroid dienone is 4. The van der Waals surface area contributed by atoms with Crippen LogP contribution in [-0.2, 0) is 16.0 Å². The Bertz CT molecular complexity index is 1290. The fraction of sp³-hybridized carbons (Fsp3) is 0.346. The first kappa shape index (κ1) is 23.8. The summed E-state index contributed by atoms with van der Waals surface area (Å²) in [5.41, 5.74) is 3.23. The van der Waals surface area contributed by atoms with Gasteiger partial charge in [-0.3, -0.25) is 4.90 Å². The number of fused-ring (bicyclic) bond motifs is 2. The minimum Gasteiger partial charge on any atom is -0.466 e. The van der Waals surface area contributed by atoms with Gasteiger partial charge in [-0.25, -0.2) is 13.6 Å². The highest BCUT2D eigenvalue weighted by atomic mass is 19.1. The zero-order valence-electron chi connectivity index (χ0n) is 19.4. The van der Waals surface area contributed by atoms with Crippen molar-refractivity contribution in [3.8, 4) is 0 Å². The molecule has 4 rings (SSSR count). The molecule has 0 fully saturated rings. The first-order valence-corrected chi connectivity index (χ1v) is 10.9. The van der Waals surface area contributed by atoms with Gasteiger partial charge in [0, 0.05) is 24.0 Å². The van der Waals surface area contributed by atoms with E-state index in [0.717, 1.165) is 23.8 Å². The molecule has 0 N–H and O–H groups in total. The molecule has 0 saturated heterocycles. The van der Waals surface area contributed by atoms with E-state index in [0.29, 0.717) is 23.0 Å². The van der Waals surface area contributed by atoms with Crippen LogP contribution in [0.1, 0.15) is 37.9 Å². The first-order chi connectivity index (χ1) is 16.1. The monoisotopic (exact) mass is 470 g/mol. The molecule has 178 valence electrons. The quantitative estimate of drug-likeness (QED) is 0.316. The summed E-state index contributed by atoms with van der Waals surface area (Å²) in [6, 6.07) is 2.70. The Kier molecular flexibility index (Phi) is 6.39. The molecule has 5 nitrogen and oxygen atoms in total. The van der Waals surface area contributed by atoms with Gasteiger partial charge in [0.05, 0.1) is 24.9 Å². The van der Waals surface area contributed by atoms with Gasteiger partial charge in [0.2, 0.25) is 0 Å². The number of rotatable bonds is 5. The number of carbonyl (C=O) groups is 1. The standard InChI is InChI=1S/C26H25F3N2O3/c1-15-7-17-11-23-18(13-30-34-23)10-20(17)25(31(15)14-26(2,3)29)21-12-19(27)8-16(9-22(21)28)5-6-24(32)33-4/h5-6,8-11,13,15,25H,7,14H2,1-4H3/b6-5+. The Labute approximate surface area is 195 Å². The molecule has 2 heterocycles. The molecule has 2 aromatic rings. The summed E-state index contributed by atoms with van der Waals surface area (Å²) in [6.07, 6.45) is 6.67. The number of esters is 1. The molecule has 1 aliphatic carbocycles. The molecule has 34 heavy (non-hydrogen) atoms. The summed E-state index contributed by atoms with van der Waals surface area (Å²) in [4.78, 5) is 13.3. The molecule has 2 unspecified atom stereocenters. The fourth-order valence-corrected chi connectivity index (χ4v) is 4.44. The van der Waals surface area contributed by atoms with E-state index in [2.05, 4.69) is 15.6 Å². The molecule has 2 atom stereocenters. The number of benzene rings is 1. The molecule has 0 bridgehead atoms. The van der Waals surface area contributed by atoms with E-state index < -0.39 is 29.3 Å². The van der Waals surface area contributed by atoms with Crippen LogP contribution in [0.2, 0.25) is 0 Å². The molecule has 0 saturated carbocycles. The molecule has 2 aliphatic rings. The molecule has 0 radical (unpaired) electrons. The van der Waals surface area contributed by atoms with Gasteiger partial charge >= 0.3 is 5.97 Å². The maximum atomic E-state index is 15.6. The van der Waals surface area contributed by atoms with Gasteiger partial charge in [0.25, 0.3) is 0 Å². The topological polar surface area (TPSA) is 55.6 Å². The summed E-state index contributed by atoms with van der Waals surface area (Å²) >= 11 is 0. The van der Waals surface area contributed by atoms with Crippen LogP contribution in [0.5, 0.6) is 0 Å². The van der Waals surface area contributed by atoms with E-state index >= 15 is 4.39 Å². The summed E-state index contributed by atoms with van der Waals surface area (Å²) in [5, 5.41) is 4.54. The number of hydrogen-bond acceptors (Lipinski definition) is 5. The van der Waals surface area contributed by atoms with Crippen molar-refractivity contribution < 1.29 is 27.2 Å². The number of methoxy groups -OCH3 is 1. The molecule has 0 spiro atoms. The van der Waals surface area contributed by atoms with Gasteiger partial charge in [0.15, 0.2) is 11.4 Å². The highest BCUT2D eigenvalue weighted by Crippen LogP contribution is 2.43. The lowest BCUT2D eigenvalue weighted by atomic mass is 9.83. The number of hydrogen-bond donors (Lipinski definition) is 0. The average molecular weight is 470 g/mol. The van der Waals surface area contributed by atoms with Crippen LogP contribution in [0.3, 0.4) is 0 Å². The van der Waals surface area contributed by atoms with Crippen LogP contribution < -0.4 is 0 Å². The van der Waals surface area contributed by atoms with E-state index in [9.17, 15) is 13.6 Å². The predicted octanol–water partition coefficient (Wildman–Crippen LogP) is 5.76. The Balaban J connectivity index is 1.86. The Hall–Kier alpha value is -3.35. The summed E-state index contributed by atoms with van der Waals surface area (Å²) in [5.74, 6) is -2.19. The Morgan fingerprint density at radius 1 is 1.35 bits per heavy atom. The molecule has 1 aliphatic heterocycles. The summed E-state index contributed by atoms with van der Waals surface area (Å²) in [6.45, 7) is 4.84. The van der Waals surface area contributed by atoms with Crippen molar-refractivity contribution in [1.82, 2.24) is 10.1 Å². The van der Waals surface area contributed by atoms with Crippen LogP contribution in [-0.4, -0.2) is 41.4 Å². The Morgan fingerprint density at radius 2 is 2.12 bits per heavy atom. The maximum absolute atomic E-state index is 15.6. The lowest BCUT2D eigenvalue weighted by Crippen LogP contribution is -2.48. The Morgan fingerprint density at radius 3 is 2.82 bits per heavy atom. The molecule has 0 amide bonds. The summed E-state index contributed by atoms with van der Waals surface area (Å²) in [7, 11) is 1.21. The van der Waals surface area contributed by atoms with Crippen molar-refractivity contribution >= 4 is 16.9 Å². The number of aromatic nitrogens is 1. The van der Waals surface area contributed by atoms with Crippen molar-refractivity contribution in [3.05, 3.63) is 82.3 Å². The number of halogens is 3. The second-order valence-electron chi connectivity index (χ2n) is 9.14. The first-order valence-electron chi connectivity index (χ1n) is 10.9. The SMILES string of the molecule is COC(=O)/C=C/C1=CC(F)=C=C(C2c3cc4cnoc4cc3CC(C)N2CC(C)(C)F)C(F)=C1. The highest BCUT2D eigenvalue weighted by Gasteiger charge is 2.39. The van der Waals surface area contributed by atoms with Gasteiger partial charge in [-0.05, 0) is 74.3 Å². The largest absolute Gasteiger partial charge is 0.466 e. The van der Waals surface area contributed by atoms with Gasteiger partial charge in [-0.15, -0.1) is 0 Å². The molecular formula is C26H25F3N2O3. The second-order valence-corrected chi connectivity index (χ2v) is 9.14. The summed E-state index contributed by atoms with van der Waals surface area (Å²) < 4.78 is 55.2. The van der Waals surface area contributed by atoms with Gasteiger partial charge in [-0.1, -0.05) is 10.9 Å². The molecule has 1 aromatic heterocycles. The normalized spacial score (nSPS) is 21.5. The van der Waals surface area contributed by atoms with Gasteiger partial charge < -0.3 is 9.26 Å². The van der Waals surface area contributed by atoms with Crippen molar-refractivity contribution in [3.63, 3.8) is 0 Å². The maximum Gasteiger partial charge on any atom is 0.330 e. The zero-order chi connectivity index (χ0) is 24.6. The van der Waals surface area contributed by atoms with E-state index in [-0.39, 0.29) is 23.7 Å².